The van der Waals surface area contributed by atoms with Gasteiger partial charge in [0.05, 0.1) is 0 Å². The van der Waals surface area contributed by atoms with Crippen molar-refractivity contribution in [1.29, 1.82) is 0 Å². The van der Waals surface area contributed by atoms with Gasteiger partial charge in [0, 0.05) is 42.4 Å². The standard InChI is InChI=1S/C25H26N4O3/c1-25(2,3)28-24(31)23-20-14-27-13-10-21(20)32-16-22(30)29(23)15-18-6-4-5-7-19(18)17-8-11-26-12-9-17/h4-14,23H,15-16H2,1-3H3,(H,28,31). The van der Waals surface area contributed by atoms with Crippen LogP contribution in [-0.2, 0) is 16.1 Å². The van der Waals surface area contributed by atoms with Crippen LogP contribution in [-0.4, -0.2) is 38.8 Å². The molecule has 3 heterocycles. The largest absolute Gasteiger partial charge is 0.483 e. The highest BCUT2D eigenvalue weighted by Crippen LogP contribution is 2.35. The van der Waals surface area contributed by atoms with Crippen LogP contribution in [0.1, 0.15) is 37.9 Å². The van der Waals surface area contributed by atoms with Gasteiger partial charge in [-0.1, -0.05) is 24.3 Å². The van der Waals surface area contributed by atoms with Crippen LogP contribution in [0.5, 0.6) is 5.75 Å². The Labute approximate surface area is 187 Å². The molecule has 7 nitrogen and oxygen atoms in total. The zero-order chi connectivity index (χ0) is 22.7. The van der Waals surface area contributed by atoms with Crippen LogP contribution in [0.25, 0.3) is 11.1 Å². The maximum absolute atomic E-state index is 13.4. The minimum Gasteiger partial charge on any atom is -0.483 e. The lowest BCUT2D eigenvalue weighted by molar-refractivity contribution is -0.142. The predicted molar refractivity (Wildman–Crippen MR) is 121 cm³/mol. The summed E-state index contributed by atoms with van der Waals surface area (Å²) >= 11 is 0. The molecule has 164 valence electrons. The van der Waals surface area contributed by atoms with Gasteiger partial charge < -0.3 is 15.0 Å². The van der Waals surface area contributed by atoms with E-state index in [2.05, 4.69) is 15.3 Å². The quantitative estimate of drug-likeness (QED) is 0.685. The van der Waals surface area contributed by atoms with Crippen molar-refractivity contribution in [3.8, 4) is 16.9 Å². The first kappa shape index (κ1) is 21.5. The molecule has 0 saturated heterocycles. The molecule has 1 unspecified atom stereocenters. The zero-order valence-corrected chi connectivity index (χ0v) is 18.4. The van der Waals surface area contributed by atoms with E-state index >= 15 is 0 Å². The number of amides is 2. The number of ether oxygens (including phenoxy) is 1. The fraction of sp³-hybridized carbons (Fsp3) is 0.280. The van der Waals surface area contributed by atoms with Crippen molar-refractivity contribution in [3.63, 3.8) is 0 Å². The summed E-state index contributed by atoms with van der Waals surface area (Å²) in [6, 6.07) is 12.5. The Morgan fingerprint density at radius 1 is 1.09 bits per heavy atom. The van der Waals surface area contributed by atoms with E-state index in [0.717, 1.165) is 16.7 Å². The van der Waals surface area contributed by atoms with Gasteiger partial charge in [-0.15, -0.1) is 0 Å². The van der Waals surface area contributed by atoms with E-state index in [9.17, 15) is 9.59 Å². The van der Waals surface area contributed by atoms with E-state index in [4.69, 9.17) is 4.74 Å². The molecule has 1 atom stereocenters. The van der Waals surface area contributed by atoms with Crippen LogP contribution >= 0.6 is 0 Å². The Balaban J connectivity index is 1.78. The summed E-state index contributed by atoms with van der Waals surface area (Å²) in [7, 11) is 0. The number of hydrogen-bond acceptors (Lipinski definition) is 5. The van der Waals surface area contributed by atoms with Gasteiger partial charge in [0.2, 0.25) is 5.91 Å². The Hall–Kier alpha value is -3.74. The van der Waals surface area contributed by atoms with Crippen molar-refractivity contribution in [1.82, 2.24) is 20.2 Å². The number of rotatable bonds is 4. The number of carbonyl (C=O) groups excluding carboxylic acids is 2. The smallest absolute Gasteiger partial charge is 0.261 e. The average Bonchev–Trinajstić information content (AvgIpc) is 2.90. The molecule has 0 spiro atoms. The lowest BCUT2D eigenvalue weighted by Gasteiger charge is -2.32. The lowest BCUT2D eigenvalue weighted by atomic mass is 9.98. The molecule has 4 rings (SSSR count). The summed E-state index contributed by atoms with van der Waals surface area (Å²) in [5.74, 6) is -0.0425. The van der Waals surface area contributed by atoms with Gasteiger partial charge in [-0.2, -0.15) is 0 Å². The highest BCUT2D eigenvalue weighted by molar-refractivity contribution is 5.91. The van der Waals surface area contributed by atoms with E-state index in [1.54, 1.807) is 35.8 Å². The monoisotopic (exact) mass is 430 g/mol. The van der Waals surface area contributed by atoms with E-state index in [0.29, 0.717) is 11.3 Å². The molecular formula is C25H26N4O3. The first-order valence-electron chi connectivity index (χ1n) is 10.5. The van der Waals surface area contributed by atoms with Gasteiger partial charge in [0.15, 0.2) is 6.61 Å². The van der Waals surface area contributed by atoms with E-state index < -0.39 is 11.6 Å². The van der Waals surface area contributed by atoms with Crippen LogP contribution in [0.2, 0.25) is 0 Å². The zero-order valence-electron chi connectivity index (χ0n) is 18.4. The molecule has 1 aliphatic heterocycles. The van der Waals surface area contributed by atoms with Gasteiger partial charge in [-0.3, -0.25) is 19.6 Å². The Kier molecular flexibility index (Phi) is 5.90. The summed E-state index contributed by atoms with van der Waals surface area (Å²) in [5.41, 5.74) is 3.01. The summed E-state index contributed by atoms with van der Waals surface area (Å²) in [6.45, 7) is 5.83. The van der Waals surface area contributed by atoms with Gasteiger partial charge in [0.25, 0.3) is 5.91 Å². The lowest BCUT2D eigenvalue weighted by Crippen LogP contribution is -2.49. The number of nitrogens with zero attached hydrogens (tertiary/aromatic N) is 3. The van der Waals surface area contributed by atoms with Crippen LogP contribution in [0.3, 0.4) is 0 Å². The van der Waals surface area contributed by atoms with Crippen molar-refractivity contribution >= 4 is 11.8 Å². The van der Waals surface area contributed by atoms with E-state index in [1.807, 2.05) is 57.2 Å². The molecule has 7 heteroatoms. The Bertz CT molecular complexity index is 1130. The second kappa shape index (κ2) is 8.78. The Morgan fingerprint density at radius 2 is 1.81 bits per heavy atom. The maximum Gasteiger partial charge on any atom is 0.261 e. The molecule has 1 aliphatic rings. The Morgan fingerprint density at radius 3 is 2.56 bits per heavy atom. The molecule has 1 aromatic carbocycles. The maximum atomic E-state index is 13.4. The van der Waals surface area contributed by atoms with Crippen molar-refractivity contribution < 1.29 is 14.3 Å². The van der Waals surface area contributed by atoms with E-state index in [-0.39, 0.29) is 25.0 Å². The third-order valence-corrected chi connectivity index (χ3v) is 5.18. The summed E-state index contributed by atoms with van der Waals surface area (Å²) in [5, 5.41) is 3.02. The fourth-order valence-corrected chi connectivity index (χ4v) is 3.82. The number of benzene rings is 1. The van der Waals surface area contributed by atoms with Crippen molar-refractivity contribution in [2.45, 2.75) is 38.9 Å². The number of pyridine rings is 2. The minimum absolute atomic E-state index is 0.145. The van der Waals surface area contributed by atoms with Gasteiger partial charge >= 0.3 is 0 Å². The highest BCUT2D eigenvalue weighted by Gasteiger charge is 2.38. The number of nitrogens with one attached hydrogen (secondary N) is 1. The fourth-order valence-electron chi connectivity index (χ4n) is 3.82. The average molecular weight is 431 g/mol. The van der Waals surface area contributed by atoms with Gasteiger partial charge in [0.1, 0.15) is 11.8 Å². The summed E-state index contributed by atoms with van der Waals surface area (Å²) in [6.07, 6.45) is 6.66. The minimum atomic E-state index is -0.863. The third-order valence-electron chi connectivity index (χ3n) is 5.18. The summed E-state index contributed by atoms with van der Waals surface area (Å²) in [4.78, 5) is 36.5. The molecule has 2 amide bonds. The molecule has 2 aromatic heterocycles. The summed E-state index contributed by atoms with van der Waals surface area (Å²) < 4.78 is 5.73. The first-order valence-corrected chi connectivity index (χ1v) is 10.5. The second-order valence-electron chi connectivity index (χ2n) is 8.76. The second-order valence-corrected chi connectivity index (χ2v) is 8.76. The van der Waals surface area contributed by atoms with Crippen molar-refractivity contribution in [3.05, 3.63) is 78.4 Å². The topological polar surface area (TPSA) is 84.4 Å². The van der Waals surface area contributed by atoms with Crippen molar-refractivity contribution in [2.24, 2.45) is 0 Å². The molecule has 32 heavy (non-hydrogen) atoms. The number of fused-ring (bicyclic) bond motifs is 1. The van der Waals surface area contributed by atoms with E-state index in [1.165, 1.54) is 0 Å². The molecule has 1 N–H and O–H groups in total. The predicted octanol–water partition coefficient (Wildman–Crippen LogP) is 3.52. The number of hydrogen-bond donors (Lipinski definition) is 1. The van der Waals surface area contributed by atoms with Crippen LogP contribution in [0.15, 0.2) is 67.3 Å². The highest BCUT2D eigenvalue weighted by atomic mass is 16.5. The number of aromatic nitrogens is 2. The normalized spacial score (nSPS) is 16.0. The number of carbonyl (C=O) groups is 2. The SMILES string of the molecule is CC(C)(C)NC(=O)C1c2cnccc2OCC(=O)N1Cc1ccccc1-c1ccncc1. The molecule has 0 fully saturated rings. The van der Waals surface area contributed by atoms with Crippen molar-refractivity contribution in [2.75, 3.05) is 6.61 Å². The van der Waals surface area contributed by atoms with Gasteiger partial charge in [-0.25, -0.2) is 0 Å². The van der Waals surface area contributed by atoms with Crippen LogP contribution < -0.4 is 10.1 Å². The first-order chi connectivity index (χ1) is 15.3. The van der Waals surface area contributed by atoms with Crippen LogP contribution in [0, 0.1) is 0 Å². The molecule has 0 bridgehead atoms. The molecular weight excluding hydrogens is 404 g/mol. The molecule has 0 aliphatic carbocycles. The molecule has 3 aromatic rings. The van der Waals surface area contributed by atoms with Crippen LogP contribution in [0.4, 0.5) is 0 Å². The molecule has 0 saturated carbocycles. The third kappa shape index (κ3) is 4.61. The molecule has 0 radical (unpaired) electrons. The van der Waals surface area contributed by atoms with Gasteiger partial charge in [-0.05, 0) is 55.7 Å².